The topological polar surface area (TPSA) is 70.9 Å². The van der Waals surface area contributed by atoms with Crippen molar-refractivity contribution >= 4 is 27.1 Å². The summed E-state index contributed by atoms with van der Waals surface area (Å²) in [4.78, 5) is 15.6. The average molecular weight is 410 g/mol. The van der Waals surface area contributed by atoms with E-state index in [-0.39, 0.29) is 5.56 Å². The second-order valence-corrected chi connectivity index (χ2v) is 8.69. The van der Waals surface area contributed by atoms with Gasteiger partial charge in [-0.05, 0) is 48.5 Å². The lowest BCUT2D eigenvalue weighted by molar-refractivity contribution is -0.880. The van der Waals surface area contributed by atoms with Gasteiger partial charge in [0.25, 0.3) is 5.91 Å². The van der Waals surface area contributed by atoms with Crippen molar-refractivity contribution < 1.29 is 26.9 Å². The Hall–Kier alpha value is -2.52. The van der Waals surface area contributed by atoms with E-state index in [4.69, 9.17) is 0 Å². The molecule has 0 atom stereocenters. The zero-order chi connectivity index (χ0) is 20.3. The van der Waals surface area contributed by atoms with E-state index in [1.54, 1.807) is 12.1 Å². The number of hydrogen-bond acceptors (Lipinski definition) is 4. The molecule has 3 rings (SSSR count). The number of benzene rings is 2. The van der Waals surface area contributed by atoms with Gasteiger partial charge in [-0.2, -0.15) is 8.78 Å². The van der Waals surface area contributed by atoms with E-state index in [1.165, 1.54) is 17.0 Å². The van der Waals surface area contributed by atoms with E-state index in [1.807, 2.05) is 12.1 Å². The van der Waals surface area contributed by atoms with Crippen molar-refractivity contribution in [1.82, 2.24) is 0 Å². The van der Waals surface area contributed by atoms with Gasteiger partial charge < -0.3 is 15.1 Å². The van der Waals surface area contributed by atoms with Crippen LogP contribution in [-0.4, -0.2) is 53.3 Å². The number of sulfone groups is 1. The molecule has 28 heavy (non-hydrogen) atoms. The summed E-state index contributed by atoms with van der Waals surface area (Å²) in [6, 6.07) is 11.9. The molecular weight excluding hydrogens is 388 g/mol. The molecule has 1 heterocycles. The number of anilines is 2. The summed E-state index contributed by atoms with van der Waals surface area (Å²) in [6.45, 7) is 4.11. The Balaban J connectivity index is 1.64. The normalized spacial score (nSPS) is 15.6. The summed E-state index contributed by atoms with van der Waals surface area (Å²) in [6.07, 6.45) is 0. The minimum atomic E-state index is -4.67. The second-order valence-electron chi connectivity index (χ2n) is 6.78. The predicted octanol–water partition coefficient (Wildman–Crippen LogP) is 1.27. The van der Waals surface area contributed by atoms with Gasteiger partial charge in [0, 0.05) is 16.9 Å². The summed E-state index contributed by atoms with van der Waals surface area (Å²) < 4.78 is 48.0. The number of rotatable bonds is 5. The monoisotopic (exact) mass is 410 g/mol. The number of nitrogens with one attached hydrogen (secondary N) is 2. The number of hydrogen-bond donors (Lipinski definition) is 2. The van der Waals surface area contributed by atoms with Crippen molar-refractivity contribution in [3.8, 4) is 0 Å². The molecule has 6 nitrogen and oxygen atoms in total. The molecule has 0 spiro atoms. The van der Waals surface area contributed by atoms with Crippen LogP contribution >= 0.6 is 0 Å². The molecule has 9 heteroatoms. The van der Waals surface area contributed by atoms with E-state index in [2.05, 4.69) is 17.3 Å². The molecule has 1 amide bonds. The van der Waals surface area contributed by atoms with Gasteiger partial charge in [-0.3, -0.25) is 4.79 Å². The number of quaternary nitrogens is 1. The standard InChI is InChI=1S/C19H21F2N3O3S/c1-23-10-12-24(13-11-23)16-6-4-15(5-7-16)22-18(25)14-2-8-17(9-3-14)28(26,27)19(20)21/h2-9,19H,10-13H2,1H3,(H,22,25)/p+1. The van der Waals surface area contributed by atoms with Crippen LogP contribution in [0.5, 0.6) is 0 Å². The summed E-state index contributed by atoms with van der Waals surface area (Å²) in [5.41, 5.74) is 1.86. The molecule has 0 radical (unpaired) electrons. The second kappa shape index (κ2) is 8.24. The smallest absolute Gasteiger partial charge is 0.341 e. The zero-order valence-electron chi connectivity index (χ0n) is 15.4. The van der Waals surface area contributed by atoms with E-state index in [9.17, 15) is 22.0 Å². The molecule has 0 aliphatic carbocycles. The highest BCUT2D eigenvalue weighted by Crippen LogP contribution is 2.21. The Kier molecular flexibility index (Phi) is 5.95. The van der Waals surface area contributed by atoms with Gasteiger partial charge in [-0.15, -0.1) is 0 Å². The fourth-order valence-corrected chi connectivity index (χ4v) is 3.73. The van der Waals surface area contributed by atoms with Gasteiger partial charge in [0.15, 0.2) is 0 Å². The molecule has 2 aromatic carbocycles. The maximum absolute atomic E-state index is 12.6. The summed E-state index contributed by atoms with van der Waals surface area (Å²) in [7, 11) is -2.50. The molecule has 2 aromatic rings. The SMILES string of the molecule is C[NH+]1CCN(c2ccc(NC(=O)c3ccc(S(=O)(=O)C(F)F)cc3)cc2)CC1. The molecule has 0 unspecified atom stereocenters. The van der Waals surface area contributed by atoms with Crippen LogP contribution in [0, 0.1) is 0 Å². The third kappa shape index (κ3) is 4.48. The largest absolute Gasteiger partial charge is 0.360 e. The lowest BCUT2D eigenvalue weighted by Gasteiger charge is -2.31. The van der Waals surface area contributed by atoms with E-state index in [0.717, 1.165) is 44.0 Å². The minimum absolute atomic E-state index is 0.180. The number of carbonyl (C=O) groups excluding carboxylic acids is 1. The first-order valence-corrected chi connectivity index (χ1v) is 10.4. The van der Waals surface area contributed by atoms with Crippen LogP contribution in [0.3, 0.4) is 0 Å². The lowest BCUT2D eigenvalue weighted by Crippen LogP contribution is -3.12. The highest BCUT2D eigenvalue weighted by molar-refractivity contribution is 7.91. The maximum Gasteiger partial charge on any atom is 0.341 e. The van der Waals surface area contributed by atoms with Crippen LogP contribution < -0.4 is 15.1 Å². The maximum atomic E-state index is 12.6. The third-order valence-electron chi connectivity index (χ3n) is 4.79. The highest BCUT2D eigenvalue weighted by atomic mass is 32.2. The molecule has 150 valence electrons. The number of alkyl halides is 2. The fourth-order valence-electron chi connectivity index (χ4n) is 3.00. The molecule has 1 aliphatic heterocycles. The third-order valence-corrected chi connectivity index (χ3v) is 6.19. The quantitative estimate of drug-likeness (QED) is 0.779. The predicted molar refractivity (Wildman–Crippen MR) is 103 cm³/mol. The summed E-state index contributed by atoms with van der Waals surface area (Å²) in [5, 5.41) is 2.72. The van der Waals surface area contributed by atoms with Gasteiger partial charge in [0.05, 0.1) is 38.1 Å². The van der Waals surface area contributed by atoms with Crippen LogP contribution in [0.4, 0.5) is 20.2 Å². The van der Waals surface area contributed by atoms with Gasteiger partial charge in [-0.25, -0.2) is 8.42 Å². The van der Waals surface area contributed by atoms with E-state index in [0.29, 0.717) is 5.69 Å². The van der Waals surface area contributed by atoms with Gasteiger partial charge in [0.2, 0.25) is 9.84 Å². The molecule has 0 saturated carbocycles. The first-order chi connectivity index (χ1) is 13.3. The Morgan fingerprint density at radius 3 is 2.14 bits per heavy atom. The molecule has 0 aromatic heterocycles. The van der Waals surface area contributed by atoms with Gasteiger partial charge in [0.1, 0.15) is 0 Å². The van der Waals surface area contributed by atoms with Crippen molar-refractivity contribution in [1.29, 1.82) is 0 Å². The molecule has 0 bridgehead atoms. The summed E-state index contributed by atoms with van der Waals surface area (Å²) in [5.74, 6) is -3.94. The van der Waals surface area contributed by atoms with Crippen molar-refractivity contribution in [2.24, 2.45) is 0 Å². The van der Waals surface area contributed by atoms with Crippen LogP contribution in [-0.2, 0) is 9.84 Å². The average Bonchev–Trinajstić information content (AvgIpc) is 2.69. The van der Waals surface area contributed by atoms with Crippen LogP contribution in [0.1, 0.15) is 10.4 Å². The molecule has 1 fully saturated rings. The number of likely N-dealkylation sites (N-methyl/N-ethyl adjacent to an activating group) is 1. The molecule has 2 N–H and O–H groups in total. The minimum Gasteiger partial charge on any atom is -0.360 e. The number of piperazine rings is 1. The number of carbonyl (C=O) groups is 1. The highest BCUT2D eigenvalue weighted by Gasteiger charge is 2.26. The summed E-state index contributed by atoms with van der Waals surface area (Å²) >= 11 is 0. The zero-order valence-corrected chi connectivity index (χ0v) is 16.2. The van der Waals surface area contributed by atoms with Crippen LogP contribution in [0.2, 0.25) is 0 Å². The van der Waals surface area contributed by atoms with Crippen LogP contribution in [0.25, 0.3) is 0 Å². The number of halogens is 2. The Morgan fingerprint density at radius 2 is 1.61 bits per heavy atom. The van der Waals surface area contributed by atoms with Gasteiger partial charge >= 0.3 is 5.76 Å². The molecular formula is C19H22F2N3O3S+. The Labute approximate surface area is 162 Å². The fraction of sp³-hybridized carbons (Fsp3) is 0.316. The van der Waals surface area contributed by atoms with Gasteiger partial charge in [-0.1, -0.05) is 0 Å². The molecule has 1 saturated heterocycles. The number of amides is 1. The molecule has 1 aliphatic rings. The van der Waals surface area contributed by atoms with Crippen LogP contribution in [0.15, 0.2) is 53.4 Å². The Bertz CT molecular complexity index is 924. The van der Waals surface area contributed by atoms with Crippen molar-refractivity contribution in [2.45, 2.75) is 10.7 Å². The van der Waals surface area contributed by atoms with Crippen molar-refractivity contribution in [3.05, 3.63) is 54.1 Å². The van der Waals surface area contributed by atoms with E-state index < -0.39 is 26.4 Å². The van der Waals surface area contributed by atoms with Crippen molar-refractivity contribution in [2.75, 3.05) is 43.4 Å². The Morgan fingerprint density at radius 1 is 1.04 bits per heavy atom. The lowest BCUT2D eigenvalue weighted by atomic mass is 10.2. The number of nitrogens with zero attached hydrogens (tertiary/aromatic N) is 1. The van der Waals surface area contributed by atoms with Crippen molar-refractivity contribution in [3.63, 3.8) is 0 Å². The first-order valence-electron chi connectivity index (χ1n) is 8.87. The van der Waals surface area contributed by atoms with E-state index >= 15 is 0 Å². The first kappa shape index (κ1) is 20.2.